The lowest BCUT2D eigenvalue weighted by Gasteiger charge is -2.65. The second kappa shape index (κ2) is 7.57. The summed E-state index contributed by atoms with van der Waals surface area (Å²) in [6.45, 7) is 2.94. The monoisotopic (exact) mass is 499 g/mol. The molecule has 1 spiro atoms. The summed E-state index contributed by atoms with van der Waals surface area (Å²) in [7, 11) is 0. The highest BCUT2D eigenvalue weighted by atomic mass is 19.4. The number of nitrogens with zero attached hydrogens (tertiary/aromatic N) is 6. The number of hydrogen-bond acceptors (Lipinski definition) is 6. The topological polar surface area (TPSA) is 62.1 Å². The van der Waals surface area contributed by atoms with Gasteiger partial charge in [0.25, 0.3) is 0 Å². The first-order valence-electron chi connectivity index (χ1n) is 12.3. The van der Waals surface area contributed by atoms with Crippen LogP contribution in [0, 0.1) is 23.1 Å². The van der Waals surface area contributed by atoms with E-state index in [0.29, 0.717) is 36.0 Å². The van der Waals surface area contributed by atoms with Gasteiger partial charge in [0, 0.05) is 55.7 Å². The summed E-state index contributed by atoms with van der Waals surface area (Å²) >= 11 is 0. The van der Waals surface area contributed by atoms with E-state index in [-0.39, 0.29) is 17.3 Å². The molecule has 36 heavy (non-hydrogen) atoms. The SMILES string of the molecule is Fc1cccc(N2CCCn3nc(N[C@@H]4C5CCC56CN(c5ccnc(C(F)(F)F)c5)C[C@@H]46)nc32)c1. The zero-order chi connectivity index (χ0) is 24.7. The molecule has 2 aliphatic carbocycles. The quantitative estimate of drug-likeness (QED) is 0.526. The molecule has 3 aromatic rings. The van der Waals surface area contributed by atoms with Gasteiger partial charge in [0.05, 0.1) is 0 Å². The average Bonchev–Trinajstić information content (AvgIpc) is 3.44. The third-order valence-corrected chi connectivity index (χ3v) is 8.63. The highest BCUT2D eigenvalue weighted by molar-refractivity contribution is 5.59. The highest BCUT2D eigenvalue weighted by Crippen LogP contribution is 2.68. The minimum atomic E-state index is -4.46. The Labute approximate surface area is 205 Å². The largest absolute Gasteiger partial charge is 0.433 e. The molecule has 0 bridgehead atoms. The molecule has 2 saturated carbocycles. The van der Waals surface area contributed by atoms with Gasteiger partial charge >= 0.3 is 6.18 Å². The second-order valence-corrected chi connectivity index (χ2v) is 10.4. The summed E-state index contributed by atoms with van der Waals surface area (Å²) in [6.07, 6.45) is -0.149. The Bertz CT molecular complexity index is 1320. The molecular formula is C25H25F4N7. The Morgan fingerprint density at radius 3 is 2.72 bits per heavy atom. The van der Waals surface area contributed by atoms with E-state index in [4.69, 9.17) is 10.1 Å². The number of benzene rings is 1. The summed E-state index contributed by atoms with van der Waals surface area (Å²) in [6, 6.07) is 9.49. The summed E-state index contributed by atoms with van der Waals surface area (Å²) in [5, 5.41) is 8.26. The van der Waals surface area contributed by atoms with Crippen molar-refractivity contribution < 1.29 is 17.6 Å². The lowest BCUT2D eigenvalue weighted by molar-refractivity contribution is -0.141. The van der Waals surface area contributed by atoms with Crippen molar-refractivity contribution in [3.05, 3.63) is 54.1 Å². The molecule has 2 unspecified atom stereocenters. The van der Waals surface area contributed by atoms with E-state index in [1.54, 1.807) is 12.1 Å². The third kappa shape index (κ3) is 3.20. The molecule has 2 aromatic heterocycles. The molecule has 1 aromatic carbocycles. The van der Waals surface area contributed by atoms with Gasteiger partial charge < -0.3 is 15.1 Å². The molecule has 4 aliphatic rings. The molecule has 0 amide bonds. The van der Waals surface area contributed by atoms with Crippen LogP contribution in [0.3, 0.4) is 0 Å². The minimum absolute atomic E-state index is 0.145. The Morgan fingerprint density at radius 1 is 1.06 bits per heavy atom. The third-order valence-electron chi connectivity index (χ3n) is 8.63. The standard InChI is InChI=1S/C25H25F4N7/c26-15-3-1-4-17(11-15)35-9-2-10-36-23(35)32-22(33-36)31-21-18-5-7-24(18)14-34(13-19(21)24)16-6-8-30-20(12-16)25(27,28)29/h1,3-4,6,8,11-12,18-19,21H,2,5,7,9-10,13-14H2,(H,31,33)/t18?,19-,21+,24?/m0/s1. The lowest BCUT2D eigenvalue weighted by atomic mass is 9.41. The average molecular weight is 500 g/mol. The fourth-order valence-corrected chi connectivity index (χ4v) is 6.89. The summed E-state index contributed by atoms with van der Waals surface area (Å²) in [5.74, 6) is 1.73. The van der Waals surface area contributed by atoms with Crippen LogP contribution in [0.25, 0.3) is 0 Å². The Balaban J connectivity index is 1.11. The van der Waals surface area contributed by atoms with Crippen molar-refractivity contribution in [1.29, 1.82) is 0 Å². The van der Waals surface area contributed by atoms with Gasteiger partial charge in [0.1, 0.15) is 11.5 Å². The minimum Gasteiger partial charge on any atom is -0.370 e. The number of fused-ring (bicyclic) bond motifs is 1. The predicted molar refractivity (Wildman–Crippen MR) is 126 cm³/mol. The normalized spacial score (nSPS) is 28.6. The van der Waals surface area contributed by atoms with Crippen LogP contribution >= 0.6 is 0 Å². The summed E-state index contributed by atoms with van der Waals surface area (Å²) in [4.78, 5) is 12.3. The molecule has 7 rings (SSSR count). The van der Waals surface area contributed by atoms with Crippen LogP contribution in [-0.2, 0) is 12.7 Å². The van der Waals surface area contributed by atoms with E-state index in [0.717, 1.165) is 50.7 Å². The summed E-state index contributed by atoms with van der Waals surface area (Å²) in [5.41, 5.74) is 0.615. The van der Waals surface area contributed by atoms with Crippen molar-refractivity contribution in [3.63, 3.8) is 0 Å². The van der Waals surface area contributed by atoms with Crippen molar-refractivity contribution in [2.24, 2.45) is 17.3 Å². The number of halogens is 4. The van der Waals surface area contributed by atoms with E-state index in [1.165, 1.54) is 18.3 Å². The fourth-order valence-electron chi connectivity index (χ4n) is 6.89. The van der Waals surface area contributed by atoms with Crippen molar-refractivity contribution in [2.75, 3.05) is 34.8 Å². The van der Waals surface area contributed by atoms with Crippen molar-refractivity contribution in [3.8, 4) is 0 Å². The molecule has 4 heterocycles. The van der Waals surface area contributed by atoms with Gasteiger partial charge in [-0.25, -0.2) is 9.07 Å². The van der Waals surface area contributed by atoms with E-state index in [1.807, 2.05) is 15.6 Å². The highest BCUT2D eigenvalue weighted by Gasteiger charge is 2.70. The van der Waals surface area contributed by atoms with Gasteiger partial charge in [-0.1, -0.05) is 6.07 Å². The van der Waals surface area contributed by atoms with E-state index in [2.05, 4.69) is 15.2 Å². The lowest BCUT2D eigenvalue weighted by Crippen LogP contribution is -2.68. The molecule has 7 nitrogen and oxygen atoms in total. The number of alkyl halides is 3. The molecular weight excluding hydrogens is 474 g/mol. The molecule has 0 radical (unpaired) electrons. The van der Waals surface area contributed by atoms with Crippen LogP contribution in [0.15, 0.2) is 42.6 Å². The number of aromatic nitrogens is 4. The molecule has 188 valence electrons. The van der Waals surface area contributed by atoms with E-state index in [9.17, 15) is 17.6 Å². The maximum atomic E-state index is 13.8. The van der Waals surface area contributed by atoms with Crippen LogP contribution in [0.5, 0.6) is 0 Å². The zero-order valence-electron chi connectivity index (χ0n) is 19.4. The number of nitrogens with one attached hydrogen (secondary N) is 1. The van der Waals surface area contributed by atoms with Crippen LogP contribution in [0.2, 0.25) is 0 Å². The number of pyridine rings is 1. The van der Waals surface area contributed by atoms with E-state index < -0.39 is 11.9 Å². The molecule has 4 atom stereocenters. The first-order chi connectivity index (χ1) is 17.3. The summed E-state index contributed by atoms with van der Waals surface area (Å²) < 4.78 is 55.3. The van der Waals surface area contributed by atoms with Crippen LogP contribution < -0.4 is 15.1 Å². The predicted octanol–water partition coefficient (Wildman–Crippen LogP) is 4.70. The van der Waals surface area contributed by atoms with E-state index >= 15 is 0 Å². The van der Waals surface area contributed by atoms with Crippen LogP contribution in [0.4, 0.5) is 40.8 Å². The number of hydrogen-bond donors (Lipinski definition) is 1. The van der Waals surface area contributed by atoms with Crippen LogP contribution in [-0.4, -0.2) is 45.4 Å². The van der Waals surface area contributed by atoms with Gasteiger partial charge in [0.2, 0.25) is 11.9 Å². The number of aryl methyl sites for hydroxylation is 1. The Hall–Kier alpha value is -3.37. The molecule has 3 fully saturated rings. The van der Waals surface area contributed by atoms with Gasteiger partial charge in [0.15, 0.2) is 0 Å². The maximum Gasteiger partial charge on any atom is 0.433 e. The molecule has 2 aliphatic heterocycles. The van der Waals surface area contributed by atoms with Crippen molar-refractivity contribution in [2.45, 2.75) is 38.0 Å². The second-order valence-electron chi connectivity index (χ2n) is 10.4. The van der Waals surface area contributed by atoms with Gasteiger partial charge in [-0.15, -0.1) is 5.10 Å². The van der Waals surface area contributed by atoms with Crippen molar-refractivity contribution >= 4 is 23.3 Å². The first-order valence-corrected chi connectivity index (χ1v) is 12.3. The van der Waals surface area contributed by atoms with Gasteiger partial charge in [-0.3, -0.25) is 4.98 Å². The van der Waals surface area contributed by atoms with Crippen LogP contribution in [0.1, 0.15) is 25.0 Å². The molecule has 11 heteroatoms. The molecule has 1 N–H and O–H groups in total. The number of anilines is 4. The first kappa shape index (κ1) is 21.9. The zero-order valence-corrected chi connectivity index (χ0v) is 19.4. The maximum absolute atomic E-state index is 13.8. The fraction of sp³-hybridized carbons (Fsp3) is 0.480. The number of rotatable bonds is 4. The Morgan fingerprint density at radius 2 is 1.94 bits per heavy atom. The molecule has 1 saturated heterocycles. The van der Waals surface area contributed by atoms with Gasteiger partial charge in [-0.05, 0) is 60.9 Å². The smallest absolute Gasteiger partial charge is 0.370 e. The van der Waals surface area contributed by atoms with Crippen molar-refractivity contribution in [1.82, 2.24) is 19.7 Å². The Kier molecular flexibility index (Phi) is 4.60. The van der Waals surface area contributed by atoms with Gasteiger partial charge in [-0.2, -0.15) is 18.2 Å².